The van der Waals surface area contributed by atoms with Crippen molar-refractivity contribution in [1.29, 1.82) is 0 Å². The van der Waals surface area contributed by atoms with Gasteiger partial charge in [-0.2, -0.15) is 10.2 Å². The van der Waals surface area contributed by atoms with Crippen LogP contribution in [0.2, 0.25) is 0 Å². The monoisotopic (exact) mass is 358 g/mol. The molecule has 0 amide bonds. The molecule has 0 saturated carbocycles. The maximum atomic E-state index is 13.3. The molecule has 0 unspecified atom stereocenters. The second-order valence-corrected chi connectivity index (χ2v) is 7.08. The molecule has 27 heavy (non-hydrogen) atoms. The normalized spacial score (nSPS) is 11.4. The van der Waals surface area contributed by atoms with Gasteiger partial charge in [-0.3, -0.25) is 4.79 Å². The van der Waals surface area contributed by atoms with E-state index in [1.54, 1.807) is 15.6 Å². The Hall–Kier alpha value is -3.21. The fourth-order valence-corrected chi connectivity index (χ4v) is 3.34. The number of benzene rings is 2. The van der Waals surface area contributed by atoms with Gasteiger partial charge in [0.15, 0.2) is 0 Å². The number of hydrogen-bond donors (Lipinski definition) is 0. The predicted molar refractivity (Wildman–Crippen MR) is 107 cm³/mol. The molecule has 0 fully saturated rings. The predicted octanol–water partition coefficient (Wildman–Crippen LogP) is 4.06. The van der Waals surface area contributed by atoms with Crippen LogP contribution >= 0.6 is 0 Å². The summed E-state index contributed by atoms with van der Waals surface area (Å²) in [6, 6.07) is 17.8. The van der Waals surface area contributed by atoms with Gasteiger partial charge in [0.2, 0.25) is 0 Å². The maximum Gasteiger partial charge on any atom is 0.293 e. The molecule has 5 heteroatoms. The lowest BCUT2D eigenvalue weighted by Crippen LogP contribution is -2.27. The van der Waals surface area contributed by atoms with E-state index in [1.165, 1.54) is 0 Å². The van der Waals surface area contributed by atoms with Crippen LogP contribution in [0.25, 0.3) is 16.6 Å². The van der Waals surface area contributed by atoms with E-state index in [-0.39, 0.29) is 11.5 Å². The minimum atomic E-state index is -0.126. The maximum absolute atomic E-state index is 13.3. The standard InChI is InChI=1S/C22H22N4O/c1-15(2)20-19-13-23-26(18-11-5-4-6-12-18)21(19)22(27)25(24-20)14-17-10-8-7-9-16(17)3/h4-13,15H,14H2,1-3H3. The first-order chi connectivity index (χ1) is 13.1. The first kappa shape index (κ1) is 17.2. The third-order valence-electron chi connectivity index (χ3n) is 4.84. The zero-order chi connectivity index (χ0) is 19.0. The van der Waals surface area contributed by atoms with Crippen LogP contribution in [0.1, 0.15) is 36.6 Å². The molecule has 0 atom stereocenters. The Morgan fingerprint density at radius 1 is 1.00 bits per heavy atom. The fourth-order valence-electron chi connectivity index (χ4n) is 3.34. The highest BCUT2D eigenvalue weighted by Gasteiger charge is 2.19. The van der Waals surface area contributed by atoms with E-state index in [2.05, 4.69) is 31.9 Å². The van der Waals surface area contributed by atoms with E-state index < -0.39 is 0 Å². The van der Waals surface area contributed by atoms with Crippen LogP contribution in [0.15, 0.2) is 65.6 Å². The molecule has 0 radical (unpaired) electrons. The van der Waals surface area contributed by atoms with Crippen molar-refractivity contribution in [2.75, 3.05) is 0 Å². The Kier molecular flexibility index (Phi) is 4.36. The van der Waals surface area contributed by atoms with E-state index in [0.717, 1.165) is 27.9 Å². The van der Waals surface area contributed by atoms with Crippen molar-refractivity contribution >= 4 is 10.9 Å². The summed E-state index contributed by atoms with van der Waals surface area (Å²) in [4.78, 5) is 13.3. The fraction of sp³-hybridized carbons (Fsp3) is 0.227. The number of fused-ring (bicyclic) bond motifs is 1. The zero-order valence-corrected chi connectivity index (χ0v) is 15.8. The molecule has 0 aliphatic heterocycles. The summed E-state index contributed by atoms with van der Waals surface area (Å²) >= 11 is 0. The highest BCUT2D eigenvalue weighted by molar-refractivity contribution is 5.82. The highest BCUT2D eigenvalue weighted by atomic mass is 16.1. The molecule has 2 aromatic carbocycles. The Balaban J connectivity index is 1.96. The number of rotatable bonds is 4. The highest BCUT2D eigenvalue weighted by Crippen LogP contribution is 2.23. The summed E-state index contributed by atoms with van der Waals surface area (Å²) in [6.07, 6.45) is 1.75. The molecule has 0 saturated heterocycles. The van der Waals surface area contributed by atoms with Gasteiger partial charge in [0.25, 0.3) is 5.56 Å². The van der Waals surface area contributed by atoms with Gasteiger partial charge in [0, 0.05) is 5.39 Å². The minimum absolute atomic E-state index is 0.126. The van der Waals surface area contributed by atoms with Crippen LogP contribution in [0.3, 0.4) is 0 Å². The topological polar surface area (TPSA) is 52.7 Å². The van der Waals surface area contributed by atoms with Crippen LogP contribution in [0.4, 0.5) is 0 Å². The van der Waals surface area contributed by atoms with Gasteiger partial charge in [-0.05, 0) is 36.1 Å². The lowest BCUT2D eigenvalue weighted by molar-refractivity contribution is 0.611. The molecule has 4 rings (SSSR count). The van der Waals surface area contributed by atoms with Crippen LogP contribution in [0, 0.1) is 6.92 Å². The van der Waals surface area contributed by atoms with E-state index in [0.29, 0.717) is 12.1 Å². The van der Waals surface area contributed by atoms with Gasteiger partial charge < -0.3 is 0 Å². The van der Waals surface area contributed by atoms with Gasteiger partial charge in [-0.15, -0.1) is 0 Å². The smallest absolute Gasteiger partial charge is 0.265 e. The molecule has 0 aliphatic rings. The van der Waals surface area contributed by atoms with Crippen molar-refractivity contribution in [2.24, 2.45) is 0 Å². The van der Waals surface area contributed by atoms with Gasteiger partial charge in [0.1, 0.15) is 5.52 Å². The molecule has 0 spiro atoms. The van der Waals surface area contributed by atoms with E-state index in [9.17, 15) is 4.79 Å². The number of hydrogen-bond acceptors (Lipinski definition) is 3. The number of aromatic nitrogens is 4. The quantitative estimate of drug-likeness (QED) is 0.553. The summed E-state index contributed by atoms with van der Waals surface area (Å²) in [7, 11) is 0. The molecule has 2 heterocycles. The van der Waals surface area contributed by atoms with Gasteiger partial charge in [0.05, 0.1) is 24.1 Å². The summed E-state index contributed by atoms with van der Waals surface area (Å²) in [6.45, 7) is 6.67. The van der Waals surface area contributed by atoms with Crippen LogP contribution in [0.5, 0.6) is 0 Å². The lowest BCUT2D eigenvalue weighted by atomic mass is 10.1. The van der Waals surface area contributed by atoms with E-state index in [1.807, 2.05) is 48.5 Å². The van der Waals surface area contributed by atoms with Crippen molar-refractivity contribution < 1.29 is 0 Å². The van der Waals surface area contributed by atoms with Gasteiger partial charge in [-0.1, -0.05) is 56.3 Å². The van der Waals surface area contributed by atoms with Crippen LogP contribution in [-0.4, -0.2) is 19.6 Å². The summed E-state index contributed by atoms with van der Waals surface area (Å²) < 4.78 is 3.29. The molecule has 136 valence electrons. The third-order valence-corrected chi connectivity index (χ3v) is 4.84. The van der Waals surface area contributed by atoms with Crippen molar-refractivity contribution in [1.82, 2.24) is 19.6 Å². The Bertz CT molecular complexity index is 1160. The minimum Gasteiger partial charge on any atom is -0.265 e. The van der Waals surface area contributed by atoms with Gasteiger partial charge in [-0.25, -0.2) is 9.36 Å². The van der Waals surface area contributed by atoms with Crippen molar-refractivity contribution in [2.45, 2.75) is 33.2 Å². The molecule has 0 aliphatic carbocycles. The lowest BCUT2D eigenvalue weighted by Gasteiger charge is -2.13. The first-order valence-corrected chi connectivity index (χ1v) is 9.15. The summed E-state index contributed by atoms with van der Waals surface area (Å²) in [5.74, 6) is 0.185. The first-order valence-electron chi connectivity index (χ1n) is 9.15. The van der Waals surface area contributed by atoms with Crippen LogP contribution in [-0.2, 0) is 6.54 Å². The molecular formula is C22H22N4O. The average molecular weight is 358 g/mol. The second-order valence-electron chi connectivity index (χ2n) is 7.08. The van der Waals surface area contributed by atoms with Crippen molar-refractivity contribution in [3.05, 3.63) is 88.0 Å². The SMILES string of the molecule is Cc1ccccc1Cn1nc(C(C)C)c2cnn(-c3ccccc3)c2c1=O. The largest absolute Gasteiger partial charge is 0.293 e. The third kappa shape index (κ3) is 3.05. The number of aryl methyl sites for hydroxylation is 1. The Labute approximate surface area is 157 Å². The van der Waals surface area contributed by atoms with Gasteiger partial charge >= 0.3 is 0 Å². The van der Waals surface area contributed by atoms with Crippen molar-refractivity contribution in [3.63, 3.8) is 0 Å². The number of para-hydroxylation sites is 1. The molecule has 5 nitrogen and oxygen atoms in total. The molecule has 0 bridgehead atoms. The zero-order valence-electron chi connectivity index (χ0n) is 15.8. The summed E-state index contributed by atoms with van der Waals surface area (Å²) in [5.41, 5.74) is 4.45. The van der Waals surface area contributed by atoms with E-state index in [4.69, 9.17) is 5.10 Å². The Morgan fingerprint density at radius 3 is 2.41 bits per heavy atom. The molecule has 2 aromatic heterocycles. The number of nitrogens with zero attached hydrogens (tertiary/aromatic N) is 4. The molecule has 4 aromatic rings. The summed E-state index contributed by atoms with van der Waals surface area (Å²) in [5, 5.41) is 10.0. The second kappa shape index (κ2) is 6.83. The van der Waals surface area contributed by atoms with Crippen LogP contribution < -0.4 is 5.56 Å². The molecule has 0 N–H and O–H groups in total. The molecular weight excluding hydrogens is 336 g/mol. The van der Waals surface area contributed by atoms with E-state index >= 15 is 0 Å². The average Bonchev–Trinajstić information content (AvgIpc) is 3.11. The Morgan fingerprint density at radius 2 is 1.70 bits per heavy atom. The van der Waals surface area contributed by atoms with Crippen molar-refractivity contribution in [3.8, 4) is 5.69 Å².